The number of anilines is 2. The average molecular weight is 358 g/mol. The second-order valence-corrected chi connectivity index (χ2v) is 5.84. The number of H-pyrrole nitrogens is 1. The number of piperidine rings is 1. The third-order valence-electron chi connectivity index (χ3n) is 4.23. The fourth-order valence-corrected chi connectivity index (χ4v) is 3.04. The Kier molecular flexibility index (Phi) is 5.62. The van der Waals surface area contributed by atoms with E-state index in [2.05, 4.69) is 25.6 Å². The van der Waals surface area contributed by atoms with Gasteiger partial charge in [-0.25, -0.2) is 14.2 Å². The van der Waals surface area contributed by atoms with Crippen LogP contribution in [0, 0.1) is 5.82 Å². The molecule has 0 bridgehead atoms. The maximum atomic E-state index is 13.0. The van der Waals surface area contributed by atoms with Crippen molar-refractivity contribution >= 4 is 22.8 Å². The molecular formula is C18H23FN6O. The van der Waals surface area contributed by atoms with Gasteiger partial charge in [-0.3, -0.25) is 4.57 Å². The minimum Gasteiger partial charge on any atom is -0.324 e. The first-order valence-electron chi connectivity index (χ1n) is 8.91. The molecule has 0 unspecified atom stereocenters. The molecule has 4 rings (SSSR count). The van der Waals surface area contributed by atoms with Crippen molar-refractivity contribution in [3.63, 3.8) is 0 Å². The summed E-state index contributed by atoms with van der Waals surface area (Å²) < 4.78 is 14.7. The van der Waals surface area contributed by atoms with Crippen molar-refractivity contribution in [1.82, 2.24) is 24.8 Å². The van der Waals surface area contributed by atoms with Crippen molar-refractivity contribution in [3.8, 4) is 0 Å². The van der Waals surface area contributed by atoms with Gasteiger partial charge >= 0.3 is 5.69 Å². The highest BCUT2D eigenvalue weighted by molar-refractivity contribution is 5.72. The van der Waals surface area contributed by atoms with Crippen molar-refractivity contribution in [2.45, 2.75) is 32.7 Å². The lowest BCUT2D eigenvalue weighted by molar-refractivity contribution is 0.367. The zero-order chi connectivity index (χ0) is 18.5. The number of imidazole rings is 1. The Labute approximate surface area is 150 Å². The van der Waals surface area contributed by atoms with Crippen LogP contribution in [0.1, 0.15) is 32.7 Å². The molecule has 0 atom stereocenters. The van der Waals surface area contributed by atoms with E-state index in [0.29, 0.717) is 22.8 Å². The summed E-state index contributed by atoms with van der Waals surface area (Å²) in [6.45, 7) is 5.77. The number of nitrogens with zero attached hydrogens (tertiary/aromatic N) is 3. The summed E-state index contributed by atoms with van der Waals surface area (Å²) in [5, 5.41) is 6.32. The fourth-order valence-electron chi connectivity index (χ4n) is 3.04. The smallest absolute Gasteiger partial charge is 0.324 e. The number of hydrogen-bond acceptors (Lipinski definition) is 5. The number of hydrogen-bond donors (Lipinski definition) is 3. The van der Waals surface area contributed by atoms with Crippen LogP contribution in [0.4, 0.5) is 16.0 Å². The minimum absolute atomic E-state index is 0.126. The number of benzene rings is 1. The second kappa shape index (κ2) is 8.09. The summed E-state index contributed by atoms with van der Waals surface area (Å²) in [5.74, 6) is 0.0677. The Hall–Kier alpha value is -2.74. The Balaban J connectivity index is 0.000000948. The van der Waals surface area contributed by atoms with Gasteiger partial charge in [0.05, 0.1) is 6.20 Å². The van der Waals surface area contributed by atoms with Gasteiger partial charge in [0.1, 0.15) is 11.3 Å². The molecule has 0 amide bonds. The van der Waals surface area contributed by atoms with Crippen molar-refractivity contribution in [1.29, 1.82) is 0 Å². The van der Waals surface area contributed by atoms with E-state index in [0.717, 1.165) is 25.9 Å². The molecule has 1 aliphatic heterocycles. The molecule has 1 saturated heterocycles. The average Bonchev–Trinajstić information content (AvgIpc) is 3.01. The standard InChI is InChI=1S/C16H17FN6O.C2H6/c17-10-1-3-11(4-2-10)20-15-19-9-13-14(22-15)23(16(24)21-13)12-5-7-18-8-6-12;1-2/h1-4,9,12,18H,5-8H2,(H,21,24)(H,19,20,22);1-2H3. The first kappa shape index (κ1) is 18.1. The van der Waals surface area contributed by atoms with Crippen LogP contribution in [0.15, 0.2) is 35.3 Å². The zero-order valence-electron chi connectivity index (χ0n) is 14.9. The summed E-state index contributed by atoms with van der Waals surface area (Å²) in [6, 6.07) is 6.07. The van der Waals surface area contributed by atoms with E-state index in [1.54, 1.807) is 22.9 Å². The quantitative estimate of drug-likeness (QED) is 0.670. The fraction of sp³-hybridized carbons (Fsp3) is 0.389. The molecule has 26 heavy (non-hydrogen) atoms. The van der Waals surface area contributed by atoms with Crippen molar-refractivity contribution in [2.24, 2.45) is 0 Å². The number of aromatic amines is 1. The van der Waals surface area contributed by atoms with Crippen LogP contribution in [-0.2, 0) is 0 Å². The van der Waals surface area contributed by atoms with Gasteiger partial charge in [-0.1, -0.05) is 13.8 Å². The molecule has 0 radical (unpaired) electrons. The Morgan fingerprint density at radius 1 is 1.19 bits per heavy atom. The molecule has 2 aromatic heterocycles. The SMILES string of the molecule is CC.O=c1[nH]c2cnc(Nc3ccc(F)cc3)nc2n1C1CCNCC1. The molecule has 0 aliphatic carbocycles. The lowest BCUT2D eigenvalue weighted by Gasteiger charge is -2.23. The van der Waals surface area contributed by atoms with Crippen LogP contribution in [0.5, 0.6) is 0 Å². The summed E-state index contributed by atoms with van der Waals surface area (Å²) in [6.07, 6.45) is 3.36. The van der Waals surface area contributed by atoms with E-state index in [1.807, 2.05) is 13.8 Å². The minimum atomic E-state index is -0.303. The molecule has 1 aliphatic rings. The number of nitrogens with one attached hydrogen (secondary N) is 3. The summed E-state index contributed by atoms with van der Waals surface area (Å²) in [7, 11) is 0. The molecule has 3 heterocycles. The maximum absolute atomic E-state index is 13.0. The van der Waals surface area contributed by atoms with Crippen LogP contribution < -0.4 is 16.3 Å². The Morgan fingerprint density at radius 2 is 1.88 bits per heavy atom. The molecule has 7 nitrogen and oxygen atoms in total. The molecule has 0 saturated carbocycles. The summed E-state index contributed by atoms with van der Waals surface area (Å²) >= 11 is 0. The highest BCUT2D eigenvalue weighted by Gasteiger charge is 2.20. The van der Waals surface area contributed by atoms with Crippen LogP contribution in [0.25, 0.3) is 11.2 Å². The number of halogens is 1. The zero-order valence-corrected chi connectivity index (χ0v) is 14.9. The lowest BCUT2D eigenvalue weighted by atomic mass is 10.1. The van der Waals surface area contributed by atoms with E-state index < -0.39 is 0 Å². The largest absolute Gasteiger partial charge is 0.327 e. The highest BCUT2D eigenvalue weighted by atomic mass is 19.1. The predicted molar refractivity (Wildman–Crippen MR) is 100 cm³/mol. The number of rotatable bonds is 3. The van der Waals surface area contributed by atoms with Gasteiger partial charge in [-0.05, 0) is 50.2 Å². The molecule has 1 fully saturated rings. The van der Waals surface area contributed by atoms with Gasteiger partial charge in [0.15, 0.2) is 5.65 Å². The first-order chi connectivity index (χ1) is 12.7. The van der Waals surface area contributed by atoms with E-state index in [4.69, 9.17) is 0 Å². The van der Waals surface area contributed by atoms with Crippen LogP contribution >= 0.6 is 0 Å². The monoisotopic (exact) mass is 358 g/mol. The van der Waals surface area contributed by atoms with E-state index in [9.17, 15) is 9.18 Å². The van der Waals surface area contributed by atoms with Crippen LogP contribution in [0.2, 0.25) is 0 Å². The third-order valence-corrected chi connectivity index (χ3v) is 4.23. The normalized spacial score (nSPS) is 14.7. The lowest BCUT2D eigenvalue weighted by Crippen LogP contribution is -2.33. The highest BCUT2D eigenvalue weighted by Crippen LogP contribution is 2.22. The maximum Gasteiger partial charge on any atom is 0.327 e. The molecule has 8 heteroatoms. The molecule has 138 valence electrons. The molecule has 3 aromatic rings. The van der Waals surface area contributed by atoms with Gasteiger partial charge in [-0.15, -0.1) is 0 Å². The second-order valence-electron chi connectivity index (χ2n) is 5.84. The Bertz CT molecular complexity index is 912. The molecule has 3 N–H and O–H groups in total. The number of aromatic nitrogens is 4. The topological polar surface area (TPSA) is 87.6 Å². The summed E-state index contributed by atoms with van der Waals surface area (Å²) in [5.41, 5.74) is 1.72. The van der Waals surface area contributed by atoms with Crippen LogP contribution in [-0.4, -0.2) is 32.6 Å². The molecule has 1 aromatic carbocycles. The number of fused-ring (bicyclic) bond motifs is 1. The van der Waals surface area contributed by atoms with Crippen molar-refractivity contribution in [2.75, 3.05) is 18.4 Å². The van der Waals surface area contributed by atoms with E-state index in [-0.39, 0.29) is 17.5 Å². The van der Waals surface area contributed by atoms with E-state index >= 15 is 0 Å². The van der Waals surface area contributed by atoms with Gasteiger partial charge in [-0.2, -0.15) is 4.98 Å². The van der Waals surface area contributed by atoms with Gasteiger partial charge < -0.3 is 15.6 Å². The third kappa shape index (κ3) is 3.75. The van der Waals surface area contributed by atoms with Crippen LogP contribution in [0.3, 0.4) is 0 Å². The van der Waals surface area contributed by atoms with E-state index in [1.165, 1.54) is 12.1 Å². The predicted octanol–water partition coefficient (Wildman–Crippen LogP) is 2.95. The van der Waals surface area contributed by atoms with Gasteiger partial charge in [0.25, 0.3) is 0 Å². The van der Waals surface area contributed by atoms with Gasteiger partial charge in [0, 0.05) is 11.7 Å². The van der Waals surface area contributed by atoms with Crippen molar-refractivity contribution in [3.05, 3.63) is 46.8 Å². The molecule has 0 spiro atoms. The molecular weight excluding hydrogens is 335 g/mol. The van der Waals surface area contributed by atoms with Gasteiger partial charge in [0.2, 0.25) is 5.95 Å². The first-order valence-corrected chi connectivity index (χ1v) is 8.91. The van der Waals surface area contributed by atoms with Crippen molar-refractivity contribution < 1.29 is 4.39 Å². The Morgan fingerprint density at radius 3 is 2.58 bits per heavy atom. The summed E-state index contributed by atoms with van der Waals surface area (Å²) in [4.78, 5) is 23.8.